The molecule has 0 unspecified atom stereocenters. The zero-order chi connectivity index (χ0) is 37.3. The summed E-state index contributed by atoms with van der Waals surface area (Å²) in [6, 6.07) is 0. The van der Waals surface area contributed by atoms with Crippen molar-refractivity contribution in [2.75, 3.05) is 19.8 Å². The Bertz CT molecular complexity index is 1290. The second-order valence-corrected chi connectivity index (χ2v) is 17.7. The fraction of sp³-hybridized carbons (Fsp3) is 0.947. The van der Waals surface area contributed by atoms with Gasteiger partial charge in [0.2, 0.25) is 11.6 Å². The number of carboxylic acid groups (broad SMARTS) is 1. The molecule has 0 aromatic rings. The van der Waals surface area contributed by atoms with Crippen molar-refractivity contribution in [3.8, 4) is 0 Å². The molecule has 2 aliphatic carbocycles. The van der Waals surface area contributed by atoms with Gasteiger partial charge in [-0.25, -0.2) is 24.3 Å². The Hall–Kier alpha value is -1.66. The average Bonchev–Trinajstić information content (AvgIpc) is 3.49. The van der Waals surface area contributed by atoms with E-state index in [1.807, 2.05) is 13.8 Å². The van der Waals surface area contributed by atoms with Crippen LogP contribution in [0.15, 0.2) is 0 Å². The summed E-state index contributed by atoms with van der Waals surface area (Å²) in [6.07, 6.45) is 3.19. The summed E-state index contributed by atoms with van der Waals surface area (Å²) in [5.74, 6) is -1.47. The van der Waals surface area contributed by atoms with Gasteiger partial charge in [-0.1, -0.05) is 27.7 Å². The molecule has 53 heavy (non-hydrogen) atoms. The number of nitrogens with one attached hydrogen (secondary N) is 1. The number of amides is 1. The predicted molar refractivity (Wildman–Crippen MR) is 181 cm³/mol. The van der Waals surface area contributed by atoms with E-state index in [0.717, 1.165) is 38.5 Å². The standard InChI is InChI=1S/C38H59NO14/c1-20-9-11-27-22(3)30(46-32-37(27)25(20)13-15-35(5,48-32)50-52-37)43-18-24(45-34(42)39-17-7-8-29(40)41)19-44-31-23(4)28-12-10-21(2)26-14-16-36(6)49-33(47-31)38(26,28)53-51-36/h20-28,30-33H,7-19H2,1-6H3,(H,39,42)(H,40,41)/t20-,21-,22-,23-,25+,26+,27+,28+,30+,31+,32-,33-,35+,36+,37-,38-/m1/s1. The van der Waals surface area contributed by atoms with Crippen molar-refractivity contribution >= 4 is 12.1 Å². The second kappa shape index (κ2) is 14.4. The van der Waals surface area contributed by atoms with E-state index in [1.165, 1.54) is 0 Å². The van der Waals surface area contributed by atoms with E-state index in [-0.39, 0.29) is 68.1 Å². The van der Waals surface area contributed by atoms with Crippen LogP contribution in [-0.4, -0.2) is 91.0 Å². The van der Waals surface area contributed by atoms with E-state index in [2.05, 4.69) is 33.0 Å². The highest BCUT2D eigenvalue weighted by molar-refractivity contribution is 5.68. The lowest BCUT2D eigenvalue weighted by Crippen LogP contribution is -2.70. The maximum atomic E-state index is 13.0. The van der Waals surface area contributed by atoms with Crippen LogP contribution in [0.2, 0.25) is 0 Å². The fourth-order valence-electron chi connectivity index (χ4n) is 11.3. The number of aliphatic carboxylic acids is 1. The smallest absolute Gasteiger partial charge is 0.407 e. The van der Waals surface area contributed by atoms with Gasteiger partial charge in [0.05, 0.1) is 13.2 Å². The molecule has 10 fully saturated rings. The third kappa shape index (κ3) is 6.62. The first kappa shape index (κ1) is 38.2. The Morgan fingerprint density at radius 2 is 1.21 bits per heavy atom. The Morgan fingerprint density at radius 1 is 0.717 bits per heavy atom. The van der Waals surface area contributed by atoms with Gasteiger partial charge in [-0.2, -0.15) is 0 Å². The van der Waals surface area contributed by atoms with Crippen molar-refractivity contribution in [1.82, 2.24) is 5.32 Å². The van der Waals surface area contributed by atoms with Crippen LogP contribution in [0.1, 0.15) is 106 Å². The summed E-state index contributed by atoms with van der Waals surface area (Å²) in [5, 5.41) is 11.7. The molecule has 16 atom stereocenters. The van der Waals surface area contributed by atoms with Crippen LogP contribution in [0.4, 0.5) is 4.79 Å². The molecule has 10 rings (SSSR count). The van der Waals surface area contributed by atoms with Crippen molar-refractivity contribution in [2.45, 2.75) is 160 Å². The summed E-state index contributed by atoms with van der Waals surface area (Å²) in [4.78, 5) is 48.5. The lowest BCUT2D eigenvalue weighted by atomic mass is 9.58. The van der Waals surface area contributed by atoms with Crippen LogP contribution in [0, 0.1) is 47.3 Å². The van der Waals surface area contributed by atoms with Crippen LogP contribution >= 0.6 is 0 Å². The zero-order valence-electron chi connectivity index (χ0n) is 32.0. The molecule has 0 radical (unpaired) electrons. The molecule has 300 valence electrons. The van der Waals surface area contributed by atoms with E-state index in [1.54, 1.807) is 0 Å². The number of carbonyl (C=O) groups is 2. The number of alkyl carbamates (subject to hydrolysis) is 1. The topological polar surface area (TPSA) is 168 Å². The number of hydrogen-bond acceptors (Lipinski definition) is 13. The number of ether oxygens (including phenoxy) is 7. The van der Waals surface area contributed by atoms with Gasteiger partial charge in [0.25, 0.3) is 0 Å². The summed E-state index contributed by atoms with van der Waals surface area (Å²) >= 11 is 0. The first-order valence-corrected chi connectivity index (χ1v) is 20.1. The predicted octanol–water partition coefficient (Wildman–Crippen LogP) is 5.40. The highest BCUT2D eigenvalue weighted by Crippen LogP contribution is 2.62. The quantitative estimate of drug-likeness (QED) is 0.203. The molecule has 8 heterocycles. The molecule has 15 nitrogen and oxygen atoms in total. The number of carbonyl (C=O) groups excluding carboxylic acids is 1. The third-order valence-corrected chi connectivity index (χ3v) is 14.2. The van der Waals surface area contributed by atoms with E-state index in [9.17, 15) is 9.59 Å². The van der Waals surface area contributed by atoms with Crippen LogP contribution in [0.5, 0.6) is 0 Å². The molecule has 2 spiro atoms. The molecule has 0 aromatic carbocycles. The van der Waals surface area contributed by atoms with Crippen LogP contribution in [-0.2, 0) is 57.5 Å². The van der Waals surface area contributed by atoms with Gasteiger partial charge in [-0.05, 0) is 82.5 Å². The minimum atomic E-state index is -0.933. The van der Waals surface area contributed by atoms with Crippen molar-refractivity contribution in [1.29, 1.82) is 0 Å². The summed E-state index contributed by atoms with van der Waals surface area (Å²) in [5.41, 5.74) is -1.45. The lowest BCUT2D eigenvalue weighted by Gasteiger charge is -2.60. The molecule has 8 aliphatic heterocycles. The van der Waals surface area contributed by atoms with Crippen molar-refractivity contribution in [3.63, 3.8) is 0 Å². The van der Waals surface area contributed by atoms with Crippen LogP contribution in [0.25, 0.3) is 0 Å². The number of rotatable bonds is 11. The van der Waals surface area contributed by atoms with Crippen molar-refractivity contribution in [3.05, 3.63) is 0 Å². The summed E-state index contributed by atoms with van der Waals surface area (Å²) in [6.45, 7) is 12.6. The van der Waals surface area contributed by atoms with Gasteiger partial charge >= 0.3 is 12.1 Å². The van der Waals surface area contributed by atoms with Crippen LogP contribution < -0.4 is 5.32 Å². The highest BCUT2D eigenvalue weighted by atomic mass is 17.3. The van der Waals surface area contributed by atoms with Gasteiger partial charge in [0.15, 0.2) is 42.5 Å². The molecular formula is C38H59NO14. The zero-order valence-corrected chi connectivity index (χ0v) is 32.0. The van der Waals surface area contributed by atoms with E-state index in [4.69, 9.17) is 57.8 Å². The third-order valence-electron chi connectivity index (χ3n) is 14.2. The van der Waals surface area contributed by atoms with E-state index >= 15 is 0 Å². The number of hydrogen-bond donors (Lipinski definition) is 2. The first-order valence-electron chi connectivity index (χ1n) is 20.1. The maximum absolute atomic E-state index is 13.0. The van der Waals surface area contributed by atoms with Gasteiger partial charge in [0, 0.05) is 49.5 Å². The fourth-order valence-corrected chi connectivity index (χ4v) is 11.3. The number of carboxylic acids is 1. The molecule has 2 saturated carbocycles. The molecule has 2 N–H and O–H groups in total. The van der Waals surface area contributed by atoms with Gasteiger partial charge < -0.3 is 43.6 Å². The Kier molecular flexibility index (Phi) is 10.4. The SMILES string of the molecule is C[C@H]1[C@@H](OCC(CO[C@H]2O[C@@H]3O[C@]4(C)CC[C@H]5[C@H](C)CC[C@@H]([C@H]2C)[C@@]35OO4)OC(=O)NCCCC(=O)O)O[C@@H]2O[C@]3(C)CC[C@H]4[C@H](C)CC[C@@H]1[C@@]24OO3. The Balaban J connectivity index is 0.968. The maximum Gasteiger partial charge on any atom is 0.407 e. The first-order chi connectivity index (χ1) is 25.3. The van der Waals surface area contributed by atoms with Gasteiger partial charge in [-0.3, -0.25) is 4.79 Å². The molecule has 0 aromatic heterocycles. The Morgan fingerprint density at radius 3 is 1.68 bits per heavy atom. The number of fused-ring (bicyclic) bond motifs is 4. The monoisotopic (exact) mass is 753 g/mol. The minimum absolute atomic E-state index is 0.0263. The van der Waals surface area contributed by atoms with Gasteiger partial charge in [0.1, 0.15) is 0 Å². The highest BCUT2D eigenvalue weighted by Gasteiger charge is 2.71. The molecule has 8 saturated heterocycles. The van der Waals surface area contributed by atoms with E-state index < -0.39 is 66.1 Å². The normalized spacial score (nSPS) is 50.2. The second-order valence-electron chi connectivity index (χ2n) is 17.7. The van der Waals surface area contributed by atoms with Crippen molar-refractivity contribution < 1.29 is 67.4 Å². The Labute approximate surface area is 311 Å². The molecule has 15 heteroatoms. The van der Waals surface area contributed by atoms with E-state index in [0.29, 0.717) is 24.7 Å². The van der Waals surface area contributed by atoms with Crippen molar-refractivity contribution in [2.24, 2.45) is 47.3 Å². The minimum Gasteiger partial charge on any atom is -0.481 e. The lowest BCUT2D eigenvalue weighted by molar-refractivity contribution is -0.578. The summed E-state index contributed by atoms with van der Waals surface area (Å²) in [7, 11) is 0. The summed E-state index contributed by atoms with van der Waals surface area (Å²) < 4.78 is 45.1. The molecule has 1 amide bonds. The molecular weight excluding hydrogens is 694 g/mol. The average molecular weight is 754 g/mol. The molecule has 10 aliphatic rings. The van der Waals surface area contributed by atoms with Gasteiger partial charge in [-0.15, -0.1) is 0 Å². The molecule has 4 bridgehead atoms. The van der Waals surface area contributed by atoms with Crippen LogP contribution in [0.3, 0.4) is 0 Å². The largest absolute Gasteiger partial charge is 0.481 e.